The molecule has 2 saturated carbocycles. The van der Waals surface area contributed by atoms with Gasteiger partial charge in [-0.1, -0.05) is 32.8 Å². The maximum Gasteiger partial charge on any atom is 0.00952 e. The molecule has 1 nitrogen and oxygen atoms in total. The van der Waals surface area contributed by atoms with Crippen LogP contribution in [0.3, 0.4) is 0 Å². The summed E-state index contributed by atoms with van der Waals surface area (Å²) in [5.74, 6) is 1.89. The highest BCUT2D eigenvalue weighted by Gasteiger charge is 2.41. The summed E-state index contributed by atoms with van der Waals surface area (Å²) in [4.78, 5) is 0. The molecular formula is C13H23N. The minimum atomic E-state index is 0.300. The molecule has 0 aliphatic heterocycles. The predicted molar refractivity (Wildman–Crippen MR) is 60.7 cm³/mol. The molecule has 0 amide bonds. The van der Waals surface area contributed by atoms with Crippen LogP contribution in [0.2, 0.25) is 0 Å². The summed E-state index contributed by atoms with van der Waals surface area (Å²) in [6.07, 6.45) is 9.61. The lowest BCUT2D eigenvalue weighted by atomic mass is 9.59. The number of hydrogen-bond donors (Lipinski definition) is 1. The fourth-order valence-corrected chi connectivity index (χ4v) is 3.74. The van der Waals surface area contributed by atoms with Gasteiger partial charge in [-0.15, -0.1) is 0 Å². The smallest absolute Gasteiger partial charge is 0.00952 e. The first-order chi connectivity index (χ1) is 6.66. The van der Waals surface area contributed by atoms with Gasteiger partial charge in [0.15, 0.2) is 0 Å². The Balaban J connectivity index is 2.16. The van der Waals surface area contributed by atoms with E-state index in [1.165, 1.54) is 44.9 Å². The van der Waals surface area contributed by atoms with Crippen molar-refractivity contribution in [3.63, 3.8) is 0 Å². The van der Waals surface area contributed by atoms with Crippen molar-refractivity contribution in [2.24, 2.45) is 23.0 Å². The van der Waals surface area contributed by atoms with Crippen LogP contribution in [-0.4, -0.2) is 0 Å². The average molecular weight is 193 g/mol. The summed E-state index contributed by atoms with van der Waals surface area (Å²) < 4.78 is 0. The monoisotopic (exact) mass is 193 g/mol. The Labute approximate surface area is 87.8 Å². The van der Waals surface area contributed by atoms with E-state index in [1.54, 1.807) is 0 Å². The second kappa shape index (κ2) is 3.60. The number of allylic oxidation sites excluding steroid dienone is 1. The molecule has 0 heterocycles. The van der Waals surface area contributed by atoms with Crippen molar-refractivity contribution in [3.8, 4) is 0 Å². The van der Waals surface area contributed by atoms with E-state index in [0.717, 1.165) is 17.5 Å². The molecule has 2 N–H and O–H groups in total. The van der Waals surface area contributed by atoms with Crippen LogP contribution in [0.15, 0.2) is 12.3 Å². The first kappa shape index (κ1) is 10.1. The summed E-state index contributed by atoms with van der Waals surface area (Å²) >= 11 is 0. The molecule has 2 fully saturated rings. The Kier molecular flexibility index (Phi) is 2.59. The summed E-state index contributed by atoms with van der Waals surface area (Å²) in [7, 11) is 0. The predicted octanol–water partition coefficient (Wildman–Crippen LogP) is 3.46. The zero-order valence-corrected chi connectivity index (χ0v) is 9.39. The van der Waals surface area contributed by atoms with E-state index in [1.807, 2.05) is 0 Å². The molecule has 2 bridgehead atoms. The maximum atomic E-state index is 6.02. The highest BCUT2D eigenvalue weighted by molar-refractivity contribution is 5.09. The highest BCUT2D eigenvalue weighted by Crippen LogP contribution is 2.52. The topological polar surface area (TPSA) is 26.0 Å². The van der Waals surface area contributed by atoms with Gasteiger partial charge in [-0.25, -0.2) is 0 Å². The molecule has 14 heavy (non-hydrogen) atoms. The molecule has 2 rings (SSSR count). The molecule has 80 valence electrons. The van der Waals surface area contributed by atoms with Gasteiger partial charge in [-0.2, -0.15) is 0 Å². The van der Waals surface area contributed by atoms with Crippen molar-refractivity contribution >= 4 is 0 Å². The first-order valence-corrected chi connectivity index (χ1v) is 6.11. The molecule has 1 heteroatoms. The molecule has 0 aromatic heterocycles. The zero-order valence-electron chi connectivity index (χ0n) is 9.39. The summed E-state index contributed by atoms with van der Waals surface area (Å²) in [5.41, 5.74) is 7.28. The van der Waals surface area contributed by atoms with Gasteiger partial charge in [0.1, 0.15) is 0 Å². The number of fused-ring (bicyclic) bond motifs is 2. The maximum absolute atomic E-state index is 6.02. The van der Waals surface area contributed by atoms with Crippen molar-refractivity contribution in [2.75, 3.05) is 0 Å². The van der Waals surface area contributed by atoms with E-state index in [-0.39, 0.29) is 0 Å². The van der Waals surface area contributed by atoms with Crippen LogP contribution >= 0.6 is 0 Å². The minimum Gasteiger partial charge on any atom is -0.402 e. The van der Waals surface area contributed by atoms with Crippen LogP contribution in [0.1, 0.15) is 51.9 Å². The lowest BCUT2D eigenvalue weighted by molar-refractivity contribution is 0.0776. The van der Waals surface area contributed by atoms with Gasteiger partial charge in [0, 0.05) is 11.1 Å². The molecule has 2 atom stereocenters. The van der Waals surface area contributed by atoms with Crippen LogP contribution in [0, 0.1) is 17.3 Å². The Morgan fingerprint density at radius 3 is 2.36 bits per heavy atom. The Morgan fingerprint density at radius 2 is 1.93 bits per heavy atom. The van der Waals surface area contributed by atoms with Crippen molar-refractivity contribution in [2.45, 2.75) is 51.9 Å². The standard InChI is InChI=1S/C13H23N/c1-3-13(10(2)14)8-11-5-4-6-12(7-11)9-13/h11-12H,2-9,14H2,1H3. The van der Waals surface area contributed by atoms with Crippen LogP contribution in [0.4, 0.5) is 0 Å². The summed E-state index contributed by atoms with van der Waals surface area (Å²) in [6, 6.07) is 0. The van der Waals surface area contributed by atoms with Crippen LogP contribution in [0.25, 0.3) is 0 Å². The molecule has 0 aromatic carbocycles. The van der Waals surface area contributed by atoms with Crippen molar-refractivity contribution in [1.29, 1.82) is 0 Å². The molecule has 0 aromatic rings. The van der Waals surface area contributed by atoms with E-state index in [9.17, 15) is 0 Å². The Morgan fingerprint density at radius 1 is 1.36 bits per heavy atom. The van der Waals surface area contributed by atoms with Gasteiger partial charge in [0.05, 0.1) is 0 Å². The van der Waals surface area contributed by atoms with Gasteiger partial charge in [0.2, 0.25) is 0 Å². The average Bonchev–Trinajstić information content (AvgIpc) is 2.16. The van der Waals surface area contributed by atoms with Gasteiger partial charge in [-0.05, 0) is 37.5 Å². The van der Waals surface area contributed by atoms with Gasteiger partial charge in [-0.3, -0.25) is 0 Å². The molecule has 0 spiro atoms. The zero-order chi connectivity index (χ0) is 10.2. The highest BCUT2D eigenvalue weighted by atomic mass is 14.7. The van der Waals surface area contributed by atoms with E-state index in [2.05, 4.69) is 13.5 Å². The van der Waals surface area contributed by atoms with E-state index < -0.39 is 0 Å². The summed E-state index contributed by atoms with van der Waals surface area (Å²) in [5, 5.41) is 0. The largest absolute Gasteiger partial charge is 0.402 e. The third kappa shape index (κ3) is 1.57. The van der Waals surface area contributed by atoms with Crippen molar-refractivity contribution < 1.29 is 0 Å². The third-order valence-electron chi connectivity index (χ3n) is 4.61. The van der Waals surface area contributed by atoms with Crippen molar-refractivity contribution in [3.05, 3.63) is 12.3 Å². The molecule has 2 aliphatic rings. The number of nitrogens with two attached hydrogens (primary N) is 1. The normalized spacial score (nSPS) is 42.1. The molecule has 0 radical (unpaired) electrons. The second-order valence-electron chi connectivity index (χ2n) is 5.47. The molecule has 2 aliphatic carbocycles. The number of hydrogen-bond acceptors (Lipinski definition) is 1. The molecule has 2 unspecified atom stereocenters. The lowest BCUT2D eigenvalue weighted by Crippen LogP contribution is -2.38. The van der Waals surface area contributed by atoms with Crippen LogP contribution < -0.4 is 5.73 Å². The number of rotatable bonds is 2. The lowest BCUT2D eigenvalue weighted by Gasteiger charge is -2.47. The van der Waals surface area contributed by atoms with E-state index in [4.69, 9.17) is 5.73 Å². The Bertz CT molecular complexity index is 219. The first-order valence-electron chi connectivity index (χ1n) is 6.11. The van der Waals surface area contributed by atoms with E-state index >= 15 is 0 Å². The molecule has 0 saturated heterocycles. The fraction of sp³-hybridized carbons (Fsp3) is 0.846. The second-order valence-corrected chi connectivity index (χ2v) is 5.47. The van der Waals surface area contributed by atoms with Gasteiger partial charge >= 0.3 is 0 Å². The van der Waals surface area contributed by atoms with E-state index in [0.29, 0.717) is 5.41 Å². The van der Waals surface area contributed by atoms with Crippen LogP contribution in [-0.2, 0) is 0 Å². The fourth-order valence-electron chi connectivity index (χ4n) is 3.74. The summed E-state index contributed by atoms with van der Waals surface area (Å²) in [6.45, 7) is 6.30. The molecular weight excluding hydrogens is 170 g/mol. The van der Waals surface area contributed by atoms with Gasteiger partial charge < -0.3 is 5.73 Å². The van der Waals surface area contributed by atoms with Gasteiger partial charge in [0.25, 0.3) is 0 Å². The van der Waals surface area contributed by atoms with Crippen LogP contribution in [0.5, 0.6) is 0 Å². The SMILES string of the molecule is C=C(N)C1(CC)CC2CCCC(C2)C1. The minimum absolute atomic E-state index is 0.300. The quantitative estimate of drug-likeness (QED) is 0.714. The van der Waals surface area contributed by atoms with Crippen molar-refractivity contribution in [1.82, 2.24) is 0 Å². The third-order valence-corrected chi connectivity index (χ3v) is 4.61. The Hall–Kier alpha value is -0.460.